The van der Waals surface area contributed by atoms with Crippen LogP contribution in [0.15, 0.2) is 24.3 Å². The third-order valence-electron chi connectivity index (χ3n) is 4.58. The van der Waals surface area contributed by atoms with Crippen molar-refractivity contribution in [2.24, 2.45) is 5.92 Å². The van der Waals surface area contributed by atoms with Crippen LogP contribution in [-0.4, -0.2) is 23.2 Å². The molecular weight excluding hydrogens is 304 g/mol. The molecule has 4 heteroatoms. The molecule has 3 rings (SSSR count). The molecule has 0 amide bonds. The van der Waals surface area contributed by atoms with Gasteiger partial charge in [-0.05, 0) is 45.1 Å². The maximum atomic E-state index is 9.04. The highest BCUT2D eigenvalue weighted by atomic mass is 32.1. The van der Waals surface area contributed by atoms with Crippen LogP contribution in [0.2, 0.25) is 0 Å². The Labute approximate surface area is 142 Å². The first-order chi connectivity index (χ1) is 11.2. The van der Waals surface area contributed by atoms with Crippen LogP contribution in [0.25, 0.3) is 10.6 Å². The van der Waals surface area contributed by atoms with E-state index in [1.54, 1.807) is 0 Å². The van der Waals surface area contributed by atoms with Crippen molar-refractivity contribution in [2.75, 3.05) is 13.2 Å². The molecular formula is C19H26N2OS. The van der Waals surface area contributed by atoms with Gasteiger partial charge in [0.25, 0.3) is 0 Å². The fraction of sp³-hybridized carbons (Fsp3) is 0.526. The number of aliphatic hydroxyl groups excluding tert-OH is 1. The summed E-state index contributed by atoms with van der Waals surface area (Å²) < 4.78 is 0. The molecule has 0 bridgehead atoms. The molecule has 0 saturated carbocycles. The minimum Gasteiger partial charge on any atom is -0.396 e. The highest BCUT2D eigenvalue weighted by Crippen LogP contribution is 2.38. The van der Waals surface area contributed by atoms with E-state index >= 15 is 0 Å². The minimum absolute atomic E-state index is 0.275. The predicted octanol–water partition coefficient (Wildman–Crippen LogP) is 4.10. The highest BCUT2D eigenvalue weighted by Gasteiger charge is 2.25. The lowest BCUT2D eigenvalue weighted by Gasteiger charge is -2.24. The van der Waals surface area contributed by atoms with E-state index in [9.17, 15) is 0 Å². The van der Waals surface area contributed by atoms with Crippen LogP contribution >= 0.6 is 11.3 Å². The Kier molecular flexibility index (Phi) is 5.46. The molecule has 0 radical (unpaired) electrons. The minimum atomic E-state index is 0.275. The zero-order chi connectivity index (χ0) is 16.2. The van der Waals surface area contributed by atoms with Gasteiger partial charge in [0.05, 0.1) is 5.69 Å². The van der Waals surface area contributed by atoms with E-state index in [4.69, 9.17) is 10.1 Å². The van der Waals surface area contributed by atoms with E-state index in [2.05, 4.69) is 43.4 Å². The van der Waals surface area contributed by atoms with Crippen LogP contribution in [0.3, 0.4) is 0 Å². The summed E-state index contributed by atoms with van der Waals surface area (Å²) in [5.74, 6) is 0.509. The second kappa shape index (κ2) is 7.56. The molecule has 3 nitrogen and oxygen atoms in total. The normalized spacial score (nSPS) is 18.7. The number of nitrogens with zero attached hydrogens (tertiary/aromatic N) is 1. The maximum absolute atomic E-state index is 9.04. The van der Waals surface area contributed by atoms with Crippen molar-refractivity contribution in [3.63, 3.8) is 0 Å². The van der Waals surface area contributed by atoms with Crippen LogP contribution in [0.1, 0.15) is 48.4 Å². The Bertz CT molecular complexity index is 635. The van der Waals surface area contributed by atoms with Crippen LogP contribution in [-0.2, 0) is 6.42 Å². The van der Waals surface area contributed by atoms with E-state index < -0.39 is 0 Å². The number of aromatic nitrogens is 1. The molecule has 2 unspecified atom stereocenters. The number of nitrogens with one attached hydrogen (secondary N) is 1. The van der Waals surface area contributed by atoms with Gasteiger partial charge < -0.3 is 10.4 Å². The number of thiazole rings is 1. The second-order valence-electron chi connectivity index (χ2n) is 6.67. The molecule has 0 fully saturated rings. The largest absolute Gasteiger partial charge is 0.396 e. The number of aryl methyl sites for hydroxylation is 2. The zero-order valence-electron chi connectivity index (χ0n) is 14.0. The predicted molar refractivity (Wildman–Crippen MR) is 96.8 cm³/mol. The molecule has 2 N–H and O–H groups in total. The van der Waals surface area contributed by atoms with Crippen molar-refractivity contribution in [1.82, 2.24) is 10.3 Å². The average molecular weight is 330 g/mol. The van der Waals surface area contributed by atoms with Gasteiger partial charge >= 0.3 is 0 Å². The van der Waals surface area contributed by atoms with Gasteiger partial charge in [0.1, 0.15) is 5.01 Å². The smallest absolute Gasteiger partial charge is 0.123 e. The Balaban J connectivity index is 1.75. The van der Waals surface area contributed by atoms with Crippen molar-refractivity contribution >= 4 is 11.3 Å². The molecule has 23 heavy (non-hydrogen) atoms. The first-order valence-corrected chi connectivity index (χ1v) is 9.40. The Hall–Kier alpha value is -1.23. The van der Waals surface area contributed by atoms with Crippen molar-refractivity contribution in [3.05, 3.63) is 40.4 Å². The molecule has 124 valence electrons. The fourth-order valence-corrected chi connectivity index (χ4v) is 4.33. The summed E-state index contributed by atoms with van der Waals surface area (Å²) in [7, 11) is 0. The third kappa shape index (κ3) is 4.00. The number of benzene rings is 1. The first kappa shape index (κ1) is 16.6. The van der Waals surface area contributed by atoms with Gasteiger partial charge in [0.15, 0.2) is 0 Å². The lowest BCUT2D eigenvalue weighted by atomic mass is 9.97. The molecule has 0 saturated heterocycles. The van der Waals surface area contributed by atoms with E-state index in [0.717, 1.165) is 24.4 Å². The molecule has 1 aliphatic carbocycles. The zero-order valence-corrected chi connectivity index (χ0v) is 14.8. The Morgan fingerprint density at radius 3 is 2.87 bits per heavy atom. The monoisotopic (exact) mass is 330 g/mol. The van der Waals surface area contributed by atoms with Crippen LogP contribution in [0, 0.1) is 12.8 Å². The summed E-state index contributed by atoms with van der Waals surface area (Å²) in [4.78, 5) is 6.32. The average Bonchev–Trinajstić information content (AvgIpc) is 2.98. The molecule has 2 aromatic rings. The summed E-state index contributed by atoms with van der Waals surface area (Å²) >= 11 is 1.84. The van der Waals surface area contributed by atoms with Crippen LogP contribution in [0.5, 0.6) is 0 Å². The second-order valence-corrected chi connectivity index (χ2v) is 7.70. The lowest BCUT2D eigenvalue weighted by Crippen LogP contribution is -2.28. The molecule has 1 heterocycles. The Morgan fingerprint density at radius 1 is 1.35 bits per heavy atom. The van der Waals surface area contributed by atoms with Gasteiger partial charge in [-0.2, -0.15) is 0 Å². The summed E-state index contributed by atoms with van der Waals surface area (Å²) in [6.45, 7) is 5.54. The molecule has 0 aliphatic heterocycles. The fourth-order valence-electron chi connectivity index (χ4n) is 3.10. The molecule has 0 spiro atoms. The molecule has 1 aromatic heterocycles. The maximum Gasteiger partial charge on any atom is 0.123 e. The van der Waals surface area contributed by atoms with Gasteiger partial charge in [-0.25, -0.2) is 4.98 Å². The summed E-state index contributed by atoms with van der Waals surface area (Å²) in [5, 5.41) is 13.9. The summed E-state index contributed by atoms with van der Waals surface area (Å²) in [5.41, 5.74) is 3.79. The van der Waals surface area contributed by atoms with Gasteiger partial charge in [-0.3, -0.25) is 0 Å². The van der Waals surface area contributed by atoms with Crippen molar-refractivity contribution in [2.45, 2.75) is 45.6 Å². The van der Waals surface area contributed by atoms with E-state index in [0.29, 0.717) is 12.0 Å². The van der Waals surface area contributed by atoms with E-state index in [1.807, 2.05) is 11.3 Å². The standard InChI is InChI=1S/C19H26N2OS/c1-13-6-8-15(9-7-13)19-21-17-5-3-4-16(18(17)23-19)20-12-14(2)10-11-22/h6-9,14,16,20,22H,3-5,10-12H2,1-2H3. The third-order valence-corrected chi connectivity index (χ3v) is 5.84. The molecule has 1 aliphatic rings. The van der Waals surface area contributed by atoms with Crippen molar-refractivity contribution in [3.8, 4) is 10.6 Å². The quantitative estimate of drug-likeness (QED) is 0.838. The SMILES string of the molecule is Cc1ccc(-c2nc3c(s2)C(NCC(C)CCO)CCC3)cc1. The highest BCUT2D eigenvalue weighted by molar-refractivity contribution is 7.15. The lowest BCUT2D eigenvalue weighted by molar-refractivity contribution is 0.256. The summed E-state index contributed by atoms with van der Waals surface area (Å²) in [6.07, 6.45) is 4.36. The topological polar surface area (TPSA) is 45.2 Å². The molecule has 1 aromatic carbocycles. The van der Waals surface area contributed by atoms with Gasteiger partial charge in [-0.1, -0.05) is 36.8 Å². The number of rotatable bonds is 6. The van der Waals surface area contributed by atoms with Crippen molar-refractivity contribution < 1.29 is 5.11 Å². The van der Waals surface area contributed by atoms with Gasteiger partial charge in [-0.15, -0.1) is 11.3 Å². The van der Waals surface area contributed by atoms with Gasteiger partial charge in [0, 0.05) is 23.1 Å². The molecule has 2 atom stereocenters. The Morgan fingerprint density at radius 2 is 2.13 bits per heavy atom. The van der Waals surface area contributed by atoms with E-state index in [-0.39, 0.29) is 6.61 Å². The number of aliphatic hydroxyl groups is 1. The number of fused-ring (bicyclic) bond motifs is 1. The van der Waals surface area contributed by atoms with E-state index in [1.165, 1.54) is 34.5 Å². The number of hydrogen-bond donors (Lipinski definition) is 2. The van der Waals surface area contributed by atoms with Gasteiger partial charge in [0.2, 0.25) is 0 Å². The van der Waals surface area contributed by atoms with Crippen LogP contribution in [0.4, 0.5) is 0 Å². The first-order valence-electron chi connectivity index (χ1n) is 8.58. The van der Waals surface area contributed by atoms with Crippen LogP contribution < -0.4 is 5.32 Å². The summed E-state index contributed by atoms with van der Waals surface area (Å²) in [6, 6.07) is 9.08. The number of hydrogen-bond acceptors (Lipinski definition) is 4. The van der Waals surface area contributed by atoms with Crippen molar-refractivity contribution in [1.29, 1.82) is 0 Å².